The number of nitrogens with one attached hydrogen (secondary N) is 1. The Bertz CT molecular complexity index is 1730. The van der Waals surface area contributed by atoms with Crippen LogP contribution in [0, 0.1) is 0 Å². The third kappa shape index (κ3) is 6.83. The molecule has 1 aliphatic rings. The number of hydrogen-bond acceptors (Lipinski definition) is 7. The highest BCUT2D eigenvalue weighted by molar-refractivity contribution is 6.34. The van der Waals surface area contributed by atoms with Crippen LogP contribution in [0.3, 0.4) is 0 Å². The maximum absolute atomic E-state index is 13.9. The number of benzene rings is 1. The zero-order valence-electron chi connectivity index (χ0n) is 24.3. The predicted molar refractivity (Wildman–Crippen MR) is 158 cm³/mol. The number of carbonyl (C=O) groups is 3. The van der Waals surface area contributed by atoms with Crippen molar-refractivity contribution in [1.29, 1.82) is 0 Å². The number of aromatic nitrogens is 5. The van der Waals surface area contributed by atoms with Gasteiger partial charge in [-0.1, -0.05) is 17.7 Å². The van der Waals surface area contributed by atoms with Crippen molar-refractivity contribution in [2.45, 2.75) is 25.7 Å². The molecular formula is C29H29ClF3N9O3. The van der Waals surface area contributed by atoms with Crippen molar-refractivity contribution in [3.05, 3.63) is 82.8 Å². The minimum atomic E-state index is -4.76. The van der Waals surface area contributed by atoms with E-state index in [1.165, 1.54) is 48.4 Å². The number of halogens is 4. The molecule has 1 saturated heterocycles. The van der Waals surface area contributed by atoms with Crippen molar-refractivity contribution in [3.8, 4) is 11.3 Å². The number of nitrogens with zero attached hydrogens (tertiary/aromatic N) is 7. The van der Waals surface area contributed by atoms with E-state index < -0.39 is 23.8 Å². The van der Waals surface area contributed by atoms with E-state index in [9.17, 15) is 27.6 Å². The summed E-state index contributed by atoms with van der Waals surface area (Å²) in [5.41, 5.74) is 5.47. The Hall–Kier alpha value is -4.76. The second-order valence-corrected chi connectivity index (χ2v) is 10.9. The number of pyridine rings is 1. The van der Waals surface area contributed by atoms with Gasteiger partial charge in [0.25, 0.3) is 11.8 Å². The second kappa shape index (κ2) is 12.7. The van der Waals surface area contributed by atoms with Gasteiger partial charge in [-0.05, 0) is 36.8 Å². The van der Waals surface area contributed by atoms with Crippen LogP contribution in [0.5, 0.6) is 0 Å². The highest BCUT2D eigenvalue weighted by Crippen LogP contribution is 2.36. The van der Waals surface area contributed by atoms with Crippen molar-refractivity contribution in [2.75, 3.05) is 31.5 Å². The molecule has 0 saturated carbocycles. The molecule has 12 nitrogen and oxygen atoms in total. The Morgan fingerprint density at radius 3 is 2.42 bits per heavy atom. The lowest BCUT2D eigenvalue weighted by molar-refractivity contribution is -0.141. The molecule has 16 heteroatoms. The summed E-state index contributed by atoms with van der Waals surface area (Å²) in [6.07, 6.45) is 0.754. The normalized spacial score (nSPS) is 14.4. The molecule has 3 aromatic heterocycles. The molecule has 0 radical (unpaired) electrons. The molecule has 0 aliphatic carbocycles. The average Bonchev–Trinajstić information content (AvgIpc) is 3.60. The number of piperazine rings is 1. The van der Waals surface area contributed by atoms with Gasteiger partial charge in [-0.3, -0.25) is 24.0 Å². The number of carbonyl (C=O) groups excluding carboxylic acids is 3. The molecule has 0 unspecified atom stereocenters. The van der Waals surface area contributed by atoms with Crippen molar-refractivity contribution >= 4 is 35.0 Å². The quantitative estimate of drug-likeness (QED) is 0.315. The van der Waals surface area contributed by atoms with Gasteiger partial charge in [0.1, 0.15) is 0 Å². The molecule has 1 aliphatic heterocycles. The first kappa shape index (κ1) is 31.7. The van der Waals surface area contributed by atoms with Gasteiger partial charge in [0.15, 0.2) is 11.5 Å². The van der Waals surface area contributed by atoms with Crippen LogP contribution in [0.2, 0.25) is 5.02 Å². The number of alkyl halides is 3. The van der Waals surface area contributed by atoms with E-state index in [1.54, 1.807) is 35.1 Å². The standard InChI is InChI=1S/C29H29ClF3N9O3/c1-17(34)27(44)40-8-10-41(11-9-40)28(45)20-6-5-19(12-22(20)30)37-26(43)25-36-14-23(39(25)2)21-16-42(38-24(21)29(31,32)33)15-18-4-3-7-35-13-18/h3-7,12-14,16-17H,8-11,15,34H2,1-2H3,(H,37,43)/t17-/m0/s1. The van der Waals surface area contributed by atoms with Crippen LogP contribution in [0.15, 0.2) is 55.1 Å². The zero-order valence-corrected chi connectivity index (χ0v) is 25.0. The SMILES string of the molecule is C[C@H](N)C(=O)N1CCN(C(=O)c2ccc(NC(=O)c3ncc(-c4cn(Cc5cccnc5)nc4C(F)(F)F)n3C)cc2Cl)CC1. The molecule has 3 amide bonds. The van der Waals surface area contributed by atoms with Gasteiger partial charge in [0, 0.05) is 57.5 Å². The predicted octanol–water partition coefficient (Wildman–Crippen LogP) is 3.28. The van der Waals surface area contributed by atoms with E-state index in [4.69, 9.17) is 17.3 Å². The lowest BCUT2D eigenvalue weighted by atomic mass is 10.1. The topological polar surface area (TPSA) is 144 Å². The summed E-state index contributed by atoms with van der Waals surface area (Å²) in [5.74, 6) is -1.38. The molecule has 4 aromatic rings. The molecule has 5 rings (SSSR count). The fourth-order valence-corrected chi connectivity index (χ4v) is 5.25. The van der Waals surface area contributed by atoms with Gasteiger partial charge in [0.05, 0.1) is 40.6 Å². The first-order valence-corrected chi connectivity index (χ1v) is 14.2. The maximum atomic E-state index is 13.9. The monoisotopic (exact) mass is 643 g/mol. The smallest absolute Gasteiger partial charge is 0.338 e. The van der Waals surface area contributed by atoms with Crippen LogP contribution < -0.4 is 11.1 Å². The van der Waals surface area contributed by atoms with E-state index in [0.29, 0.717) is 31.7 Å². The molecule has 4 heterocycles. The third-order valence-electron chi connectivity index (χ3n) is 7.29. The van der Waals surface area contributed by atoms with E-state index >= 15 is 0 Å². The van der Waals surface area contributed by atoms with Gasteiger partial charge >= 0.3 is 6.18 Å². The minimum absolute atomic E-state index is 0.0339. The number of anilines is 1. The van der Waals surface area contributed by atoms with Crippen LogP contribution in [-0.4, -0.2) is 84.1 Å². The second-order valence-electron chi connectivity index (χ2n) is 10.5. The van der Waals surface area contributed by atoms with Crippen LogP contribution in [0.25, 0.3) is 11.3 Å². The Balaban J connectivity index is 1.30. The highest BCUT2D eigenvalue weighted by Gasteiger charge is 2.38. The van der Waals surface area contributed by atoms with Crippen LogP contribution in [0.1, 0.15) is 39.2 Å². The Labute approximate surface area is 260 Å². The first-order valence-electron chi connectivity index (χ1n) is 13.8. The number of nitrogens with two attached hydrogens (primary N) is 1. The molecular weight excluding hydrogens is 615 g/mol. The number of rotatable bonds is 7. The van der Waals surface area contributed by atoms with Crippen molar-refractivity contribution in [2.24, 2.45) is 12.8 Å². The Morgan fingerprint density at radius 2 is 1.80 bits per heavy atom. The number of hydrogen-bond donors (Lipinski definition) is 2. The average molecular weight is 644 g/mol. The molecule has 236 valence electrons. The van der Waals surface area contributed by atoms with Gasteiger partial charge in [-0.2, -0.15) is 18.3 Å². The molecule has 1 atom stereocenters. The van der Waals surface area contributed by atoms with Gasteiger partial charge in [0.2, 0.25) is 5.91 Å². The molecule has 0 spiro atoms. The van der Waals surface area contributed by atoms with Crippen molar-refractivity contribution in [3.63, 3.8) is 0 Å². The maximum Gasteiger partial charge on any atom is 0.435 e. The minimum Gasteiger partial charge on any atom is -0.338 e. The summed E-state index contributed by atoms with van der Waals surface area (Å²) in [4.78, 5) is 49.6. The molecule has 1 fully saturated rings. The van der Waals surface area contributed by atoms with Crippen LogP contribution in [-0.2, 0) is 24.6 Å². The van der Waals surface area contributed by atoms with Gasteiger partial charge in [-0.15, -0.1) is 0 Å². The molecule has 1 aromatic carbocycles. The largest absolute Gasteiger partial charge is 0.435 e. The Morgan fingerprint density at radius 1 is 1.09 bits per heavy atom. The van der Waals surface area contributed by atoms with Gasteiger partial charge in [-0.25, -0.2) is 4.98 Å². The first-order chi connectivity index (χ1) is 21.3. The van der Waals surface area contributed by atoms with E-state index in [1.807, 2.05) is 0 Å². The number of amides is 3. The lowest BCUT2D eigenvalue weighted by Crippen LogP contribution is -2.53. The zero-order chi connectivity index (χ0) is 32.5. The van der Waals surface area contributed by atoms with E-state index in [-0.39, 0.29) is 51.7 Å². The third-order valence-corrected chi connectivity index (χ3v) is 7.60. The summed E-state index contributed by atoms with van der Waals surface area (Å²) in [5, 5.41) is 6.47. The Kier molecular flexibility index (Phi) is 8.93. The summed E-state index contributed by atoms with van der Waals surface area (Å²) < 4.78 is 44.2. The summed E-state index contributed by atoms with van der Waals surface area (Å²) in [6, 6.07) is 7.12. The van der Waals surface area contributed by atoms with Gasteiger partial charge < -0.3 is 25.4 Å². The summed E-state index contributed by atoms with van der Waals surface area (Å²) in [7, 11) is 1.42. The molecule has 3 N–H and O–H groups in total. The van der Waals surface area contributed by atoms with E-state index in [2.05, 4.69) is 20.4 Å². The molecule has 0 bridgehead atoms. The lowest BCUT2D eigenvalue weighted by Gasteiger charge is -2.35. The highest BCUT2D eigenvalue weighted by atomic mass is 35.5. The summed E-state index contributed by atoms with van der Waals surface area (Å²) >= 11 is 6.41. The fraction of sp³-hybridized carbons (Fsp3) is 0.310. The van der Waals surface area contributed by atoms with E-state index in [0.717, 1.165) is 4.68 Å². The van der Waals surface area contributed by atoms with Crippen LogP contribution >= 0.6 is 11.6 Å². The van der Waals surface area contributed by atoms with Crippen molar-refractivity contribution < 1.29 is 27.6 Å². The molecule has 45 heavy (non-hydrogen) atoms. The fourth-order valence-electron chi connectivity index (χ4n) is 4.99. The van der Waals surface area contributed by atoms with Crippen molar-refractivity contribution in [1.82, 2.24) is 34.1 Å². The summed E-state index contributed by atoms with van der Waals surface area (Å²) in [6.45, 7) is 2.98. The number of imidazole rings is 1. The van der Waals surface area contributed by atoms with Crippen LogP contribution in [0.4, 0.5) is 18.9 Å².